The molecule has 0 bridgehead atoms. The highest BCUT2D eigenvalue weighted by atomic mass is 16.5. The fourth-order valence-electron chi connectivity index (χ4n) is 3.39. The first-order valence-corrected chi connectivity index (χ1v) is 9.39. The van der Waals surface area contributed by atoms with E-state index in [0.717, 1.165) is 5.56 Å². The monoisotopic (exact) mass is 389 g/mol. The summed E-state index contributed by atoms with van der Waals surface area (Å²) in [6.07, 6.45) is -0.661. The van der Waals surface area contributed by atoms with Gasteiger partial charge in [0, 0.05) is 18.2 Å². The topological polar surface area (TPSA) is 120 Å². The highest BCUT2D eigenvalue weighted by Crippen LogP contribution is 2.29. The molecule has 152 valence electrons. The minimum absolute atomic E-state index is 0.106. The zero-order valence-corrected chi connectivity index (χ0v) is 16.1. The van der Waals surface area contributed by atoms with Crippen molar-refractivity contribution in [3.8, 4) is 0 Å². The Morgan fingerprint density at radius 1 is 1.36 bits per heavy atom. The molecule has 0 amide bonds. The van der Waals surface area contributed by atoms with Crippen molar-refractivity contribution >= 4 is 5.82 Å². The zero-order chi connectivity index (χ0) is 20.3. The molecule has 0 radical (unpaired) electrons. The predicted octanol–water partition coefficient (Wildman–Crippen LogP) is 1.38. The van der Waals surface area contributed by atoms with Crippen LogP contribution in [-0.4, -0.2) is 38.6 Å². The van der Waals surface area contributed by atoms with Gasteiger partial charge >= 0.3 is 5.69 Å². The van der Waals surface area contributed by atoms with E-state index in [1.54, 1.807) is 6.20 Å². The average molecular weight is 389 g/mol. The number of benzene rings is 1. The summed E-state index contributed by atoms with van der Waals surface area (Å²) < 4.78 is 13.0. The van der Waals surface area contributed by atoms with Crippen molar-refractivity contribution in [1.82, 2.24) is 9.55 Å². The quantitative estimate of drug-likeness (QED) is 0.654. The number of nitrogens with zero attached hydrogens (tertiary/aromatic N) is 2. The summed E-state index contributed by atoms with van der Waals surface area (Å²) in [4.78, 5) is 16.1. The maximum absolute atomic E-state index is 12.3. The van der Waals surface area contributed by atoms with Crippen LogP contribution in [0, 0.1) is 5.92 Å². The number of ether oxygens (including phenoxy) is 2. The normalized spacial score (nSPS) is 23.2. The molecule has 1 saturated heterocycles. The van der Waals surface area contributed by atoms with E-state index < -0.39 is 24.1 Å². The number of nitrogens with two attached hydrogens (primary N) is 1. The molecular weight excluding hydrogens is 362 g/mol. The molecule has 4 atom stereocenters. The molecule has 3 rings (SSSR count). The van der Waals surface area contributed by atoms with Crippen molar-refractivity contribution in [3.05, 3.63) is 58.1 Å². The van der Waals surface area contributed by atoms with Crippen LogP contribution in [0.1, 0.15) is 43.7 Å². The minimum atomic E-state index is -0.845. The number of hydrogen-bond donors (Lipinski definition) is 3. The van der Waals surface area contributed by atoms with Crippen LogP contribution in [0.5, 0.6) is 0 Å². The molecule has 0 aliphatic carbocycles. The summed E-state index contributed by atoms with van der Waals surface area (Å²) in [6, 6.07) is 9.90. The smallest absolute Gasteiger partial charge is 0.351 e. The minimum Gasteiger partial charge on any atom is -0.394 e. The first kappa shape index (κ1) is 20.5. The molecule has 1 aliphatic rings. The second-order valence-electron chi connectivity index (χ2n) is 7.34. The third kappa shape index (κ3) is 4.41. The van der Waals surface area contributed by atoms with Crippen molar-refractivity contribution in [2.45, 2.75) is 51.4 Å². The van der Waals surface area contributed by atoms with Crippen molar-refractivity contribution in [1.29, 1.82) is 0 Å². The van der Waals surface area contributed by atoms with Gasteiger partial charge in [0.2, 0.25) is 0 Å². The number of rotatable bonds is 7. The Balaban J connectivity index is 1.80. The molecule has 0 saturated carbocycles. The lowest BCUT2D eigenvalue weighted by Gasteiger charge is -2.23. The molecule has 1 aromatic heterocycles. The van der Waals surface area contributed by atoms with Crippen molar-refractivity contribution < 1.29 is 19.7 Å². The van der Waals surface area contributed by atoms with E-state index in [0.29, 0.717) is 5.56 Å². The Hall–Kier alpha value is -2.26. The Morgan fingerprint density at radius 2 is 2.07 bits per heavy atom. The number of aliphatic hydroxyl groups is 2. The van der Waals surface area contributed by atoms with E-state index in [2.05, 4.69) is 18.8 Å². The van der Waals surface area contributed by atoms with Crippen molar-refractivity contribution in [2.24, 2.45) is 5.92 Å². The van der Waals surface area contributed by atoms with Crippen molar-refractivity contribution in [2.75, 3.05) is 12.3 Å². The number of anilines is 1. The fraction of sp³-hybridized carbons (Fsp3) is 0.500. The van der Waals surface area contributed by atoms with Gasteiger partial charge in [0.15, 0.2) is 0 Å². The van der Waals surface area contributed by atoms with E-state index in [9.17, 15) is 15.0 Å². The molecule has 2 aromatic rings. The summed E-state index contributed by atoms with van der Waals surface area (Å²) in [5, 5.41) is 19.2. The molecule has 28 heavy (non-hydrogen) atoms. The standard InChI is InChI=1S/C20H27N3O5/c1-12(2)18(13-6-4-3-5-7-13)27-11-14-9-23(20(26)22-19(14)21)17-8-15(25)16(10-24)28-17/h3-7,9,12,15-18,24-25H,8,10-11H2,1-2H3,(H2,21,22,26)/t15-,16-,17-,18?/m1/s1. The molecule has 8 nitrogen and oxygen atoms in total. The van der Waals surface area contributed by atoms with E-state index >= 15 is 0 Å². The predicted molar refractivity (Wildman–Crippen MR) is 103 cm³/mol. The fourth-order valence-corrected chi connectivity index (χ4v) is 3.39. The van der Waals surface area contributed by atoms with Crippen LogP contribution in [0.15, 0.2) is 41.3 Å². The highest BCUT2D eigenvalue weighted by molar-refractivity contribution is 5.36. The molecule has 1 aromatic carbocycles. The van der Waals surface area contributed by atoms with Gasteiger partial charge in [-0.2, -0.15) is 4.98 Å². The van der Waals surface area contributed by atoms with Gasteiger partial charge in [-0.25, -0.2) is 4.79 Å². The van der Waals surface area contributed by atoms with Gasteiger partial charge in [0.25, 0.3) is 0 Å². The second-order valence-corrected chi connectivity index (χ2v) is 7.34. The van der Waals surface area contributed by atoms with Crippen LogP contribution in [0.2, 0.25) is 0 Å². The lowest BCUT2D eigenvalue weighted by atomic mass is 9.99. The molecule has 4 N–H and O–H groups in total. The van der Waals surface area contributed by atoms with Gasteiger partial charge in [0.1, 0.15) is 18.1 Å². The van der Waals surface area contributed by atoms with Gasteiger partial charge in [-0.05, 0) is 11.5 Å². The molecule has 8 heteroatoms. The summed E-state index contributed by atoms with van der Waals surface area (Å²) in [5.41, 5.74) is 6.99. The third-order valence-electron chi connectivity index (χ3n) is 4.91. The van der Waals surface area contributed by atoms with Gasteiger partial charge in [-0.15, -0.1) is 0 Å². The average Bonchev–Trinajstić information content (AvgIpc) is 3.04. The van der Waals surface area contributed by atoms with Gasteiger partial charge in [0.05, 0.1) is 25.4 Å². The SMILES string of the molecule is CC(C)C(OCc1cn([C@H]2C[C@@H](O)[C@@H](CO)O2)c(=O)nc1N)c1ccccc1. The lowest BCUT2D eigenvalue weighted by Crippen LogP contribution is -2.29. The maximum atomic E-state index is 12.3. The Labute approximate surface area is 163 Å². The number of aromatic nitrogens is 2. The van der Waals surface area contributed by atoms with Gasteiger partial charge in [-0.1, -0.05) is 44.2 Å². The molecule has 1 fully saturated rings. The summed E-state index contributed by atoms with van der Waals surface area (Å²) in [5.74, 6) is 0.343. The van der Waals surface area contributed by atoms with Gasteiger partial charge in [-0.3, -0.25) is 4.57 Å². The zero-order valence-electron chi connectivity index (χ0n) is 16.1. The van der Waals surface area contributed by atoms with Crippen LogP contribution in [0.25, 0.3) is 0 Å². The van der Waals surface area contributed by atoms with Crippen molar-refractivity contribution in [3.63, 3.8) is 0 Å². The first-order chi connectivity index (χ1) is 13.4. The largest absolute Gasteiger partial charge is 0.394 e. The van der Waals surface area contributed by atoms with Crippen LogP contribution >= 0.6 is 0 Å². The first-order valence-electron chi connectivity index (χ1n) is 9.39. The molecule has 1 unspecified atom stereocenters. The third-order valence-corrected chi connectivity index (χ3v) is 4.91. The second kappa shape index (κ2) is 8.83. The van der Waals surface area contributed by atoms with E-state index in [1.165, 1.54) is 4.57 Å². The maximum Gasteiger partial charge on any atom is 0.351 e. The summed E-state index contributed by atoms with van der Waals surface area (Å²) in [6.45, 7) is 4.00. The van der Waals surface area contributed by atoms with Crippen LogP contribution in [0.3, 0.4) is 0 Å². The Bertz CT molecular complexity index is 839. The number of aliphatic hydroxyl groups excluding tert-OH is 2. The van der Waals surface area contributed by atoms with Crippen LogP contribution < -0.4 is 11.4 Å². The summed E-state index contributed by atoms with van der Waals surface area (Å²) >= 11 is 0. The van der Waals surface area contributed by atoms with E-state index in [1.807, 2.05) is 30.3 Å². The molecule has 2 heterocycles. The Kier molecular flexibility index (Phi) is 6.46. The van der Waals surface area contributed by atoms with Gasteiger partial charge < -0.3 is 25.4 Å². The lowest BCUT2D eigenvalue weighted by molar-refractivity contribution is -0.0462. The Morgan fingerprint density at radius 3 is 2.68 bits per heavy atom. The number of hydrogen-bond acceptors (Lipinski definition) is 7. The van der Waals surface area contributed by atoms with E-state index in [4.69, 9.17) is 15.2 Å². The number of nitrogen functional groups attached to an aromatic ring is 1. The van der Waals surface area contributed by atoms with Crippen LogP contribution in [0.4, 0.5) is 5.82 Å². The van der Waals surface area contributed by atoms with Crippen LogP contribution in [-0.2, 0) is 16.1 Å². The molecular formula is C20H27N3O5. The highest BCUT2D eigenvalue weighted by Gasteiger charge is 2.35. The molecule has 0 spiro atoms. The molecule has 1 aliphatic heterocycles. The van der Waals surface area contributed by atoms with E-state index in [-0.39, 0.29) is 37.5 Å². The summed E-state index contributed by atoms with van der Waals surface area (Å²) in [7, 11) is 0.